The Kier molecular flexibility index (Phi) is 11.6. The monoisotopic (exact) mass is 1060 g/mol. The third-order valence-corrected chi connectivity index (χ3v) is 17.9. The molecule has 0 radical (unpaired) electrons. The summed E-state index contributed by atoms with van der Waals surface area (Å²) < 4.78 is 5.14. The van der Waals surface area contributed by atoms with Gasteiger partial charge in [0, 0.05) is 65.6 Å². The summed E-state index contributed by atoms with van der Waals surface area (Å²) in [5, 5.41) is 9.97. The van der Waals surface area contributed by atoms with Crippen molar-refractivity contribution in [1.29, 1.82) is 0 Å². The van der Waals surface area contributed by atoms with Crippen LogP contribution in [0.25, 0.3) is 98.4 Å². The highest BCUT2D eigenvalue weighted by atomic mass is 15.2. The van der Waals surface area contributed by atoms with E-state index in [1.165, 1.54) is 121 Å². The molecule has 4 heterocycles. The molecule has 4 heteroatoms. The molecular formula is C78H66N4. The van der Waals surface area contributed by atoms with Crippen LogP contribution in [0.3, 0.4) is 0 Å². The second kappa shape index (κ2) is 19.1. The van der Waals surface area contributed by atoms with Crippen molar-refractivity contribution in [3.63, 3.8) is 0 Å². The Bertz CT molecular complexity index is 4590. The van der Waals surface area contributed by atoms with Crippen LogP contribution in [-0.2, 0) is 0 Å². The van der Waals surface area contributed by atoms with Gasteiger partial charge in [-0.25, -0.2) is 0 Å². The summed E-state index contributed by atoms with van der Waals surface area (Å²) in [4.78, 5) is 5.04. The van der Waals surface area contributed by atoms with Crippen LogP contribution in [0.2, 0.25) is 0 Å². The predicted molar refractivity (Wildman–Crippen MR) is 352 cm³/mol. The van der Waals surface area contributed by atoms with E-state index >= 15 is 0 Å². The molecule has 15 rings (SSSR count). The van der Waals surface area contributed by atoms with Crippen LogP contribution in [-0.4, -0.2) is 8.80 Å². The molecule has 0 spiro atoms. The highest BCUT2D eigenvalue weighted by Gasteiger charge is 2.30. The van der Waals surface area contributed by atoms with Crippen LogP contribution in [0.1, 0.15) is 101 Å². The molecule has 0 aliphatic heterocycles. The maximum atomic E-state index is 2.57. The van der Waals surface area contributed by atoms with E-state index in [2.05, 4.69) is 305 Å². The smallest absolute Gasteiger partial charge is 0.0641 e. The minimum atomic E-state index is 0.379. The van der Waals surface area contributed by atoms with Crippen LogP contribution in [0.4, 0.5) is 34.1 Å². The number of nitrogens with zero attached hydrogens (tertiary/aromatic N) is 4. The van der Waals surface area contributed by atoms with Crippen molar-refractivity contribution in [1.82, 2.24) is 8.80 Å². The van der Waals surface area contributed by atoms with Gasteiger partial charge < -0.3 is 18.6 Å². The number of rotatable bonds is 12. The van der Waals surface area contributed by atoms with E-state index < -0.39 is 0 Å². The van der Waals surface area contributed by atoms with E-state index in [1.807, 2.05) is 0 Å². The van der Waals surface area contributed by atoms with Gasteiger partial charge in [-0.3, -0.25) is 0 Å². The second-order valence-electron chi connectivity index (χ2n) is 24.1. The van der Waals surface area contributed by atoms with Gasteiger partial charge in [0.2, 0.25) is 0 Å². The Morgan fingerprint density at radius 2 is 0.610 bits per heavy atom. The maximum absolute atomic E-state index is 2.57. The van der Waals surface area contributed by atoms with Crippen LogP contribution in [0.15, 0.2) is 231 Å². The van der Waals surface area contributed by atoms with Gasteiger partial charge in [0.15, 0.2) is 0 Å². The molecule has 4 aromatic heterocycles. The first-order valence-electron chi connectivity index (χ1n) is 29.5. The molecule has 82 heavy (non-hydrogen) atoms. The van der Waals surface area contributed by atoms with Crippen LogP contribution in [0.5, 0.6) is 0 Å². The number of para-hydroxylation sites is 4. The summed E-state index contributed by atoms with van der Waals surface area (Å²) in [6.45, 7) is 18.3. The largest absolute Gasteiger partial charge is 0.309 e. The lowest BCUT2D eigenvalue weighted by atomic mass is 9.93. The zero-order chi connectivity index (χ0) is 55.7. The van der Waals surface area contributed by atoms with Gasteiger partial charge in [-0.2, -0.15) is 0 Å². The standard InChI is InChI=1S/C78H66N4/c1-47(2)51-27-31-53(32-28-51)63-43-55(49(5)6)35-39-69(63)79(57-19-11-9-12-20-57)71-41-37-59-65-45-74-66(46-73(65)81-67-25-17-15-23-61(67)75(71)77(59)81)60-38-42-72(76-62-24-16-18-26-68(62)82(74)78(60)76)80(58-21-13-10-14-22-58)70-40-36-56(50(7)8)44-64(70)54-33-29-52(30-34-54)48(3)4/h9-50H,1-8H3. The number of hydrogen-bond acceptors (Lipinski definition) is 2. The van der Waals surface area contributed by atoms with Gasteiger partial charge in [-0.15, -0.1) is 0 Å². The number of benzene rings is 11. The molecular weight excluding hydrogens is 993 g/mol. The predicted octanol–water partition coefficient (Wildman–Crippen LogP) is 22.8. The molecule has 398 valence electrons. The van der Waals surface area contributed by atoms with Crippen molar-refractivity contribution in [3.05, 3.63) is 253 Å². The first kappa shape index (κ1) is 49.6. The third-order valence-electron chi connectivity index (χ3n) is 17.9. The van der Waals surface area contributed by atoms with Crippen molar-refractivity contribution >= 4 is 110 Å². The molecule has 0 saturated carbocycles. The third kappa shape index (κ3) is 7.57. The summed E-state index contributed by atoms with van der Waals surface area (Å²) >= 11 is 0. The van der Waals surface area contributed by atoms with Gasteiger partial charge in [-0.1, -0.05) is 201 Å². The van der Waals surface area contributed by atoms with Gasteiger partial charge in [0.05, 0.1) is 55.8 Å². The van der Waals surface area contributed by atoms with Crippen LogP contribution in [0, 0.1) is 0 Å². The number of aromatic nitrogens is 2. The topological polar surface area (TPSA) is 15.3 Å². The zero-order valence-corrected chi connectivity index (χ0v) is 48.0. The van der Waals surface area contributed by atoms with E-state index in [-0.39, 0.29) is 0 Å². The average molecular weight is 1060 g/mol. The minimum absolute atomic E-state index is 0.379. The lowest BCUT2D eigenvalue weighted by molar-refractivity contribution is 0.865. The molecule has 0 aliphatic carbocycles. The molecule has 0 fully saturated rings. The van der Waals surface area contributed by atoms with Gasteiger partial charge in [0.1, 0.15) is 0 Å². The summed E-state index contributed by atoms with van der Waals surface area (Å²) in [7, 11) is 0. The average Bonchev–Trinajstić information content (AvgIpc) is 2.89. The molecule has 0 amide bonds. The fraction of sp³-hybridized carbons (Fsp3) is 0.154. The van der Waals surface area contributed by atoms with Crippen LogP contribution < -0.4 is 9.80 Å². The van der Waals surface area contributed by atoms with E-state index in [0.29, 0.717) is 23.7 Å². The summed E-state index contributed by atoms with van der Waals surface area (Å²) in [5.41, 5.74) is 24.4. The Balaban J connectivity index is 0.982. The Morgan fingerprint density at radius 3 is 0.988 bits per heavy atom. The Hall–Kier alpha value is -9.38. The fourth-order valence-electron chi connectivity index (χ4n) is 13.6. The van der Waals surface area contributed by atoms with Gasteiger partial charge in [-0.05, 0) is 142 Å². The lowest BCUT2D eigenvalue weighted by Crippen LogP contribution is -2.12. The molecule has 0 saturated heterocycles. The highest BCUT2D eigenvalue weighted by Crippen LogP contribution is 2.53. The molecule has 0 N–H and O–H groups in total. The minimum Gasteiger partial charge on any atom is -0.309 e. The zero-order valence-electron chi connectivity index (χ0n) is 48.0. The molecule has 0 bridgehead atoms. The first-order valence-corrected chi connectivity index (χ1v) is 29.5. The summed E-state index contributed by atoms with van der Waals surface area (Å²) in [6.07, 6.45) is 0. The number of hydrogen-bond donors (Lipinski definition) is 0. The van der Waals surface area contributed by atoms with E-state index in [0.717, 1.165) is 34.1 Å². The highest BCUT2D eigenvalue weighted by molar-refractivity contribution is 6.32. The molecule has 4 nitrogen and oxygen atoms in total. The number of fused-ring (bicyclic) bond motifs is 12. The maximum Gasteiger partial charge on any atom is 0.0641 e. The Labute approximate surface area is 480 Å². The lowest BCUT2D eigenvalue weighted by Gasteiger charge is -2.29. The fourth-order valence-corrected chi connectivity index (χ4v) is 13.6. The molecule has 0 atom stereocenters. The summed E-state index contributed by atoms with van der Waals surface area (Å²) in [5.74, 6) is 1.66. The van der Waals surface area contributed by atoms with Crippen molar-refractivity contribution in [2.24, 2.45) is 0 Å². The SMILES string of the molecule is CC(C)c1ccc(-c2cc(C(C)C)ccc2N(c2ccccc2)c2ccc3c4cc5c(cc4n4c6ccccc6c2c34)c2ccc(N(c3ccccc3)c3ccc(C(C)C)cc3-c3ccc(C(C)C)cc3)c3c4ccccc4n5c23)cc1. The molecule has 0 aliphatic rings. The molecule has 11 aromatic carbocycles. The molecule has 15 aromatic rings. The second-order valence-corrected chi connectivity index (χ2v) is 24.1. The van der Waals surface area contributed by atoms with Crippen LogP contribution >= 0.6 is 0 Å². The van der Waals surface area contributed by atoms with Crippen molar-refractivity contribution in [3.8, 4) is 22.3 Å². The van der Waals surface area contributed by atoms with Gasteiger partial charge in [0.25, 0.3) is 0 Å². The number of anilines is 6. The van der Waals surface area contributed by atoms with E-state index in [1.54, 1.807) is 0 Å². The quantitative estimate of drug-likeness (QED) is 0.121. The molecule has 0 unspecified atom stereocenters. The van der Waals surface area contributed by atoms with E-state index in [9.17, 15) is 0 Å². The normalized spacial score (nSPS) is 12.3. The van der Waals surface area contributed by atoms with Crippen molar-refractivity contribution in [2.75, 3.05) is 9.80 Å². The van der Waals surface area contributed by atoms with Crippen molar-refractivity contribution in [2.45, 2.75) is 79.1 Å². The Morgan fingerprint density at radius 1 is 0.268 bits per heavy atom. The summed E-state index contributed by atoms with van der Waals surface area (Å²) in [6, 6.07) is 87.5. The van der Waals surface area contributed by atoms with Gasteiger partial charge >= 0.3 is 0 Å². The first-order chi connectivity index (χ1) is 40.0. The van der Waals surface area contributed by atoms with E-state index in [4.69, 9.17) is 0 Å². The van der Waals surface area contributed by atoms with Crippen molar-refractivity contribution < 1.29 is 0 Å².